The maximum absolute atomic E-state index is 12.3. The van der Waals surface area contributed by atoms with Gasteiger partial charge in [0.25, 0.3) is 5.56 Å². The van der Waals surface area contributed by atoms with Crippen LogP contribution in [0.4, 0.5) is 5.00 Å². The molecular formula is C17H21N3O4S2. The molecule has 0 radical (unpaired) electrons. The summed E-state index contributed by atoms with van der Waals surface area (Å²) >= 11 is 2.47. The maximum atomic E-state index is 12.3. The first-order valence-corrected chi connectivity index (χ1v) is 9.95. The molecule has 2 N–H and O–H groups in total. The van der Waals surface area contributed by atoms with E-state index in [0.29, 0.717) is 27.8 Å². The minimum atomic E-state index is -0.445. The Balaban J connectivity index is 2.09. The van der Waals surface area contributed by atoms with Crippen molar-refractivity contribution < 1.29 is 14.3 Å². The number of rotatable bonds is 7. The first kappa shape index (κ1) is 20.2. The van der Waals surface area contributed by atoms with Crippen molar-refractivity contribution in [1.29, 1.82) is 0 Å². The van der Waals surface area contributed by atoms with Crippen LogP contribution in [0.3, 0.4) is 0 Å². The van der Waals surface area contributed by atoms with Gasteiger partial charge in [0.15, 0.2) is 5.16 Å². The van der Waals surface area contributed by atoms with Crippen molar-refractivity contribution in [3.05, 3.63) is 38.1 Å². The van der Waals surface area contributed by atoms with E-state index in [-0.39, 0.29) is 23.8 Å². The Kier molecular flexibility index (Phi) is 6.98. The number of hydrogen-bond acceptors (Lipinski definition) is 7. The van der Waals surface area contributed by atoms with Gasteiger partial charge in [-0.25, -0.2) is 9.78 Å². The van der Waals surface area contributed by atoms with Gasteiger partial charge in [0.2, 0.25) is 5.91 Å². The van der Waals surface area contributed by atoms with E-state index >= 15 is 0 Å². The van der Waals surface area contributed by atoms with Crippen molar-refractivity contribution in [1.82, 2.24) is 9.97 Å². The molecule has 2 heterocycles. The van der Waals surface area contributed by atoms with E-state index in [9.17, 15) is 14.4 Å². The molecule has 7 nitrogen and oxygen atoms in total. The number of thioether (sulfide) groups is 1. The van der Waals surface area contributed by atoms with Crippen LogP contribution in [-0.2, 0) is 16.0 Å². The van der Waals surface area contributed by atoms with Gasteiger partial charge in [0.05, 0.1) is 17.9 Å². The summed E-state index contributed by atoms with van der Waals surface area (Å²) in [7, 11) is 0. The average molecular weight is 396 g/mol. The normalized spacial score (nSPS) is 10.6. The SMILES string of the molecule is CCOC(=O)c1c(NC(=O)CSc2nc(CC)cc(=O)[nH]2)sc(C)c1C. The molecule has 0 bridgehead atoms. The van der Waals surface area contributed by atoms with Crippen LogP contribution in [0.5, 0.6) is 0 Å². The van der Waals surface area contributed by atoms with E-state index in [0.717, 1.165) is 22.2 Å². The first-order chi connectivity index (χ1) is 12.3. The smallest absolute Gasteiger partial charge is 0.341 e. The molecule has 9 heteroatoms. The fourth-order valence-electron chi connectivity index (χ4n) is 2.19. The molecule has 0 aliphatic rings. The number of anilines is 1. The molecule has 0 aliphatic carbocycles. The van der Waals surface area contributed by atoms with Gasteiger partial charge in [-0.05, 0) is 32.8 Å². The second kappa shape index (κ2) is 9.00. The molecule has 2 aromatic heterocycles. The molecule has 0 saturated carbocycles. The Bertz CT molecular complexity index is 873. The molecule has 1 amide bonds. The highest BCUT2D eigenvalue weighted by atomic mass is 32.2. The average Bonchev–Trinajstić information content (AvgIpc) is 2.86. The third kappa shape index (κ3) is 4.95. The third-order valence-corrected chi connectivity index (χ3v) is 5.59. The lowest BCUT2D eigenvalue weighted by Crippen LogP contribution is -2.17. The molecule has 0 unspecified atom stereocenters. The predicted molar refractivity (Wildman–Crippen MR) is 103 cm³/mol. The number of aryl methyl sites for hydroxylation is 2. The lowest BCUT2D eigenvalue weighted by molar-refractivity contribution is -0.113. The van der Waals surface area contributed by atoms with Gasteiger partial charge in [-0.2, -0.15) is 0 Å². The molecule has 0 fully saturated rings. The van der Waals surface area contributed by atoms with Crippen LogP contribution in [-0.4, -0.2) is 34.2 Å². The Morgan fingerprint density at radius 3 is 2.73 bits per heavy atom. The zero-order chi connectivity index (χ0) is 19.3. The minimum absolute atomic E-state index is 0.0639. The van der Waals surface area contributed by atoms with Crippen LogP contribution < -0.4 is 10.9 Å². The summed E-state index contributed by atoms with van der Waals surface area (Å²) in [5.41, 5.74) is 1.63. The van der Waals surface area contributed by atoms with Gasteiger partial charge in [0.1, 0.15) is 5.00 Å². The van der Waals surface area contributed by atoms with Crippen molar-refractivity contribution in [3.63, 3.8) is 0 Å². The van der Waals surface area contributed by atoms with Gasteiger partial charge in [-0.15, -0.1) is 11.3 Å². The lowest BCUT2D eigenvalue weighted by Gasteiger charge is -2.07. The number of carbonyl (C=O) groups excluding carboxylic acids is 2. The fourth-order valence-corrected chi connectivity index (χ4v) is 3.95. The molecule has 2 aromatic rings. The number of aromatic nitrogens is 2. The molecular weight excluding hydrogens is 374 g/mol. The molecule has 26 heavy (non-hydrogen) atoms. The third-order valence-electron chi connectivity index (χ3n) is 3.59. The molecule has 0 saturated heterocycles. The van der Waals surface area contributed by atoms with Gasteiger partial charge >= 0.3 is 5.97 Å². The number of H-pyrrole nitrogens is 1. The Hall–Kier alpha value is -2.13. The lowest BCUT2D eigenvalue weighted by atomic mass is 10.1. The highest BCUT2D eigenvalue weighted by molar-refractivity contribution is 7.99. The van der Waals surface area contributed by atoms with Crippen molar-refractivity contribution in [3.8, 4) is 0 Å². The van der Waals surface area contributed by atoms with Gasteiger partial charge in [-0.1, -0.05) is 18.7 Å². The molecule has 140 valence electrons. The topological polar surface area (TPSA) is 101 Å². The zero-order valence-electron chi connectivity index (χ0n) is 15.1. The maximum Gasteiger partial charge on any atom is 0.341 e. The zero-order valence-corrected chi connectivity index (χ0v) is 16.7. The summed E-state index contributed by atoms with van der Waals surface area (Å²) in [5.74, 6) is -0.667. The van der Waals surface area contributed by atoms with Gasteiger partial charge in [-0.3, -0.25) is 9.59 Å². The van der Waals surface area contributed by atoms with Crippen LogP contribution in [0, 0.1) is 13.8 Å². The number of nitrogens with zero attached hydrogens (tertiary/aromatic N) is 1. The monoisotopic (exact) mass is 395 g/mol. The summed E-state index contributed by atoms with van der Waals surface area (Å²) in [6.07, 6.45) is 0.639. The molecule has 0 atom stereocenters. The number of nitrogens with one attached hydrogen (secondary N) is 2. The predicted octanol–water partition coefficient (Wildman–Crippen LogP) is 2.92. The van der Waals surface area contributed by atoms with E-state index in [4.69, 9.17) is 4.74 Å². The van der Waals surface area contributed by atoms with Crippen LogP contribution in [0.2, 0.25) is 0 Å². The van der Waals surface area contributed by atoms with Crippen molar-refractivity contribution in [2.24, 2.45) is 0 Å². The van der Waals surface area contributed by atoms with Crippen LogP contribution in [0.25, 0.3) is 0 Å². The first-order valence-electron chi connectivity index (χ1n) is 8.15. The summed E-state index contributed by atoms with van der Waals surface area (Å²) in [4.78, 5) is 43.8. The van der Waals surface area contributed by atoms with Crippen LogP contribution >= 0.6 is 23.1 Å². The molecule has 0 aromatic carbocycles. The number of aromatic amines is 1. The summed E-state index contributed by atoms with van der Waals surface area (Å²) in [5, 5.41) is 3.64. The highest BCUT2D eigenvalue weighted by Gasteiger charge is 2.22. The number of thiophene rings is 1. The standard InChI is InChI=1S/C17H21N3O4S2/c1-5-11-7-12(21)20-17(18-11)25-8-13(22)19-15-14(16(23)24-6-2)9(3)10(4)26-15/h7H,5-6,8H2,1-4H3,(H,19,22)(H,18,20,21). The van der Waals surface area contributed by atoms with Gasteiger partial charge in [0, 0.05) is 16.6 Å². The number of hydrogen-bond donors (Lipinski definition) is 2. The van der Waals surface area contributed by atoms with Crippen molar-refractivity contribution >= 4 is 40.0 Å². The van der Waals surface area contributed by atoms with Gasteiger partial charge < -0.3 is 15.0 Å². The van der Waals surface area contributed by atoms with E-state index in [2.05, 4.69) is 15.3 Å². The molecule has 2 rings (SSSR count). The number of amides is 1. The minimum Gasteiger partial charge on any atom is -0.462 e. The van der Waals surface area contributed by atoms with Crippen molar-refractivity contribution in [2.45, 2.75) is 39.3 Å². The van der Waals surface area contributed by atoms with E-state index in [1.807, 2.05) is 20.8 Å². The van der Waals surface area contributed by atoms with Crippen LogP contribution in [0.15, 0.2) is 16.0 Å². The summed E-state index contributed by atoms with van der Waals surface area (Å²) in [6.45, 7) is 7.62. The van der Waals surface area contributed by atoms with E-state index in [1.165, 1.54) is 17.4 Å². The Morgan fingerprint density at radius 1 is 1.35 bits per heavy atom. The summed E-state index contributed by atoms with van der Waals surface area (Å²) < 4.78 is 5.07. The largest absolute Gasteiger partial charge is 0.462 e. The number of carbonyl (C=O) groups is 2. The van der Waals surface area contributed by atoms with Crippen molar-refractivity contribution in [2.75, 3.05) is 17.7 Å². The Labute approximate surface area is 159 Å². The summed E-state index contributed by atoms with van der Waals surface area (Å²) in [6, 6.07) is 1.44. The molecule has 0 aliphatic heterocycles. The highest BCUT2D eigenvalue weighted by Crippen LogP contribution is 2.33. The Morgan fingerprint density at radius 2 is 2.08 bits per heavy atom. The van der Waals surface area contributed by atoms with E-state index < -0.39 is 5.97 Å². The van der Waals surface area contributed by atoms with E-state index in [1.54, 1.807) is 6.92 Å². The number of ether oxygens (including phenoxy) is 1. The quantitative estimate of drug-likeness (QED) is 0.425. The number of esters is 1. The molecule has 0 spiro atoms. The second-order valence-electron chi connectivity index (χ2n) is 5.44. The fraction of sp³-hybridized carbons (Fsp3) is 0.412. The second-order valence-corrected chi connectivity index (χ2v) is 7.63. The van der Waals surface area contributed by atoms with Crippen LogP contribution in [0.1, 0.15) is 40.3 Å².